The number of carboxylic acids is 1. The Kier molecular flexibility index (Phi) is 3.63. The Bertz CT molecular complexity index is 505. The smallest absolute Gasteiger partial charge is 0.417 e. The zero-order chi connectivity index (χ0) is 13.2. The number of halogens is 4. The second kappa shape index (κ2) is 4.63. The molecule has 0 saturated carbocycles. The topological polar surface area (TPSA) is 61.1 Å². The molecule has 90 valence electrons. The van der Waals surface area contributed by atoms with Gasteiger partial charge in [0.2, 0.25) is 0 Å². The fraction of sp³-hybridized carbons (Fsp3) is 0.200. The van der Waals surface area contributed by atoms with E-state index in [9.17, 15) is 18.0 Å². The standard InChI is InChI=1S/C10H5ClF3NO2/c11-7-1-5(3-8(16)17)9(10(12,13)14)6(2-7)4-15/h1-2H,3H2,(H,16,17). The van der Waals surface area contributed by atoms with Crippen LogP contribution in [-0.2, 0) is 17.4 Å². The first-order valence-electron chi connectivity index (χ1n) is 4.27. The van der Waals surface area contributed by atoms with Gasteiger partial charge in [0.1, 0.15) is 0 Å². The van der Waals surface area contributed by atoms with Gasteiger partial charge in [-0.3, -0.25) is 4.79 Å². The van der Waals surface area contributed by atoms with E-state index in [0.29, 0.717) is 0 Å². The second-order valence-corrected chi connectivity index (χ2v) is 3.60. The lowest BCUT2D eigenvalue weighted by Crippen LogP contribution is -2.14. The highest BCUT2D eigenvalue weighted by molar-refractivity contribution is 6.30. The van der Waals surface area contributed by atoms with E-state index in [1.807, 2.05) is 0 Å². The maximum Gasteiger partial charge on any atom is 0.417 e. The molecule has 0 unspecified atom stereocenters. The summed E-state index contributed by atoms with van der Waals surface area (Å²) >= 11 is 5.52. The minimum Gasteiger partial charge on any atom is -0.481 e. The molecule has 0 aliphatic heterocycles. The first kappa shape index (κ1) is 13.3. The summed E-state index contributed by atoms with van der Waals surface area (Å²) in [5.74, 6) is -1.43. The lowest BCUT2D eigenvalue weighted by molar-refractivity contribution is -0.139. The summed E-state index contributed by atoms with van der Waals surface area (Å²) in [7, 11) is 0. The average Bonchev–Trinajstić information content (AvgIpc) is 2.13. The van der Waals surface area contributed by atoms with Gasteiger partial charge in [0.05, 0.1) is 23.6 Å². The third kappa shape index (κ3) is 3.11. The molecule has 17 heavy (non-hydrogen) atoms. The van der Waals surface area contributed by atoms with Crippen LogP contribution in [0.4, 0.5) is 13.2 Å². The molecule has 0 radical (unpaired) electrons. The van der Waals surface area contributed by atoms with E-state index in [4.69, 9.17) is 22.0 Å². The van der Waals surface area contributed by atoms with Crippen LogP contribution in [0.25, 0.3) is 0 Å². The molecule has 1 rings (SSSR count). The van der Waals surface area contributed by atoms with Gasteiger partial charge >= 0.3 is 12.1 Å². The molecule has 0 amide bonds. The molecule has 0 atom stereocenters. The Hall–Kier alpha value is -1.74. The number of alkyl halides is 3. The van der Waals surface area contributed by atoms with Gasteiger partial charge in [-0.25, -0.2) is 0 Å². The molecule has 0 aliphatic carbocycles. The van der Waals surface area contributed by atoms with E-state index < -0.39 is 35.3 Å². The summed E-state index contributed by atoms with van der Waals surface area (Å²) in [5, 5.41) is 17.0. The predicted octanol–water partition coefficient (Wildman–Crippen LogP) is 2.86. The first-order chi connectivity index (χ1) is 7.75. The van der Waals surface area contributed by atoms with E-state index in [-0.39, 0.29) is 5.02 Å². The zero-order valence-electron chi connectivity index (χ0n) is 8.18. The quantitative estimate of drug-likeness (QED) is 0.892. The molecule has 0 bridgehead atoms. The van der Waals surface area contributed by atoms with Gasteiger partial charge in [0, 0.05) is 5.02 Å². The minimum absolute atomic E-state index is 0.106. The maximum atomic E-state index is 12.7. The van der Waals surface area contributed by atoms with Crippen molar-refractivity contribution in [3.63, 3.8) is 0 Å². The van der Waals surface area contributed by atoms with Crippen LogP contribution in [0.1, 0.15) is 16.7 Å². The molecule has 1 N–H and O–H groups in total. The third-order valence-electron chi connectivity index (χ3n) is 1.93. The van der Waals surface area contributed by atoms with Gasteiger partial charge < -0.3 is 5.11 Å². The van der Waals surface area contributed by atoms with Crippen molar-refractivity contribution in [3.8, 4) is 6.07 Å². The highest BCUT2D eigenvalue weighted by Gasteiger charge is 2.37. The monoisotopic (exact) mass is 263 g/mol. The fourth-order valence-electron chi connectivity index (χ4n) is 1.39. The van der Waals surface area contributed by atoms with E-state index in [1.165, 1.54) is 6.07 Å². The Labute approximate surface area is 99.0 Å². The Morgan fingerprint density at radius 1 is 1.47 bits per heavy atom. The van der Waals surface area contributed by atoms with Crippen LogP contribution >= 0.6 is 11.6 Å². The average molecular weight is 264 g/mol. The number of carboxylic acid groups (broad SMARTS) is 1. The van der Waals surface area contributed by atoms with Crippen LogP contribution in [0.5, 0.6) is 0 Å². The van der Waals surface area contributed by atoms with E-state index in [0.717, 1.165) is 12.1 Å². The van der Waals surface area contributed by atoms with Gasteiger partial charge in [-0.05, 0) is 17.7 Å². The summed E-state index contributed by atoms with van der Waals surface area (Å²) in [6.07, 6.45) is -5.63. The summed E-state index contributed by atoms with van der Waals surface area (Å²) in [6.45, 7) is 0. The lowest BCUT2D eigenvalue weighted by Gasteiger charge is -2.13. The maximum absolute atomic E-state index is 12.7. The number of carbonyl (C=O) groups is 1. The summed E-state index contributed by atoms with van der Waals surface area (Å²) in [6, 6.07) is 3.12. The predicted molar refractivity (Wildman–Crippen MR) is 52.5 cm³/mol. The van der Waals surface area contributed by atoms with Crippen LogP contribution in [0.2, 0.25) is 5.02 Å². The molecule has 0 saturated heterocycles. The Morgan fingerprint density at radius 2 is 2.06 bits per heavy atom. The van der Waals surface area contributed by atoms with Gasteiger partial charge in [-0.15, -0.1) is 0 Å². The van der Waals surface area contributed by atoms with Crippen molar-refractivity contribution in [3.05, 3.63) is 33.8 Å². The zero-order valence-corrected chi connectivity index (χ0v) is 8.93. The molecular weight excluding hydrogens is 259 g/mol. The largest absolute Gasteiger partial charge is 0.481 e. The summed E-state index contributed by atoms with van der Waals surface area (Å²) in [5.41, 5.74) is -2.44. The van der Waals surface area contributed by atoms with Crippen molar-refractivity contribution in [1.82, 2.24) is 0 Å². The van der Waals surface area contributed by atoms with Crippen molar-refractivity contribution in [2.75, 3.05) is 0 Å². The SMILES string of the molecule is N#Cc1cc(Cl)cc(CC(=O)O)c1C(F)(F)F. The van der Waals surface area contributed by atoms with E-state index in [2.05, 4.69) is 0 Å². The van der Waals surface area contributed by atoms with Crippen molar-refractivity contribution in [1.29, 1.82) is 5.26 Å². The number of hydrogen-bond acceptors (Lipinski definition) is 2. The number of nitrogens with zero attached hydrogens (tertiary/aromatic N) is 1. The number of hydrogen-bond donors (Lipinski definition) is 1. The van der Waals surface area contributed by atoms with Crippen LogP contribution in [0, 0.1) is 11.3 Å². The second-order valence-electron chi connectivity index (χ2n) is 3.17. The molecule has 1 aromatic carbocycles. The fourth-order valence-corrected chi connectivity index (χ4v) is 1.63. The highest BCUT2D eigenvalue weighted by Crippen LogP contribution is 2.36. The number of nitriles is 1. The van der Waals surface area contributed by atoms with Gasteiger partial charge in [-0.1, -0.05) is 11.6 Å². The lowest BCUT2D eigenvalue weighted by atomic mass is 9.99. The van der Waals surface area contributed by atoms with E-state index >= 15 is 0 Å². The molecule has 0 aliphatic rings. The first-order valence-corrected chi connectivity index (χ1v) is 4.65. The molecule has 1 aromatic rings. The highest BCUT2D eigenvalue weighted by atomic mass is 35.5. The Balaban J connectivity index is 3.51. The van der Waals surface area contributed by atoms with Gasteiger partial charge in [0.15, 0.2) is 0 Å². The molecule has 3 nitrogen and oxygen atoms in total. The Morgan fingerprint density at radius 3 is 2.47 bits per heavy atom. The van der Waals surface area contributed by atoms with Crippen molar-refractivity contribution < 1.29 is 23.1 Å². The van der Waals surface area contributed by atoms with Crippen LogP contribution in [0.3, 0.4) is 0 Å². The third-order valence-corrected chi connectivity index (χ3v) is 2.15. The summed E-state index contributed by atoms with van der Waals surface area (Å²) in [4.78, 5) is 10.5. The molecule has 0 fully saturated rings. The molecule has 7 heteroatoms. The minimum atomic E-state index is -4.79. The number of benzene rings is 1. The van der Waals surface area contributed by atoms with Crippen LogP contribution in [-0.4, -0.2) is 11.1 Å². The van der Waals surface area contributed by atoms with Crippen molar-refractivity contribution in [2.24, 2.45) is 0 Å². The molecule has 0 aromatic heterocycles. The van der Waals surface area contributed by atoms with E-state index in [1.54, 1.807) is 0 Å². The van der Waals surface area contributed by atoms with Gasteiger partial charge in [-0.2, -0.15) is 18.4 Å². The summed E-state index contributed by atoms with van der Waals surface area (Å²) < 4.78 is 38.1. The number of aliphatic carboxylic acids is 1. The van der Waals surface area contributed by atoms with Gasteiger partial charge in [0.25, 0.3) is 0 Å². The number of rotatable bonds is 2. The van der Waals surface area contributed by atoms with Crippen LogP contribution in [0.15, 0.2) is 12.1 Å². The van der Waals surface area contributed by atoms with Crippen molar-refractivity contribution >= 4 is 17.6 Å². The van der Waals surface area contributed by atoms with Crippen molar-refractivity contribution in [2.45, 2.75) is 12.6 Å². The molecular formula is C10H5ClF3NO2. The van der Waals surface area contributed by atoms with Crippen LogP contribution < -0.4 is 0 Å². The normalized spacial score (nSPS) is 11.0. The molecule has 0 heterocycles. The molecule has 0 spiro atoms.